The van der Waals surface area contributed by atoms with Gasteiger partial charge in [0.2, 0.25) is 0 Å². The van der Waals surface area contributed by atoms with E-state index in [0.717, 1.165) is 18.7 Å². The van der Waals surface area contributed by atoms with Crippen molar-refractivity contribution in [1.82, 2.24) is 9.97 Å². The van der Waals surface area contributed by atoms with Crippen LogP contribution in [0.3, 0.4) is 0 Å². The summed E-state index contributed by atoms with van der Waals surface area (Å²) in [6.07, 6.45) is 3.97. The topological polar surface area (TPSA) is 66.0 Å². The molecule has 0 unspecified atom stereocenters. The van der Waals surface area contributed by atoms with Crippen molar-refractivity contribution in [2.24, 2.45) is 0 Å². The predicted molar refractivity (Wildman–Crippen MR) is 59.2 cm³/mol. The van der Waals surface area contributed by atoms with Crippen molar-refractivity contribution in [2.45, 2.75) is 25.2 Å². The van der Waals surface area contributed by atoms with Crippen molar-refractivity contribution in [3.05, 3.63) is 17.7 Å². The van der Waals surface area contributed by atoms with Crippen LogP contribution in [0.15, 0.2) is 6.20 Å². The third-order valence-corrected chi connectivity index (χ3v) is 3.65. The summed E-state index contributed by atoms with van der Waals surface area (Å²) in [6, 6.07) is 0. The Morgan fingerprint density at radius 3 is 3.00 bits per heavy atom. The van der Waals surface area contributed by atoms with Crippen molar-refractivity contribution >= 4 is 17.7 Å². The van der Waals surface area contributed by atoms with Gasteiger partial charge in [-0.3, -0.25) is 4.79 Å². The lowest BCUT2D eigenvalue weighted by Gasteiger charge is -2.18. The molecule has 0 saturated carbocycles. The van der Waals surface area contributed by atoms with Crippen LogP contribution in [0.1, 0.15) is 30.3 Å². The lowest BCUT2D eigenvalue weighted by molar-refractivity contribution is -0.136. The number of aromatic nitrogens is 2. The van der Waals surface area contributed by atoms with Crippen LogP contribution in [0.25, 0.3) is 0 Å². The number of imidazole rings is 1. The van der Waals surface area contributed by atoms with Crippen molar-refractivity contribution in [2.75, 3.05) is 11.5 Å². The van der Waals surface area contributed by atoms with Crippen LogP contribution in [0.2, 0.25) is 0 Å². The van der Waals surface area contributed by atoms with E-state index in [9.17, 15) is 4.79 Å². The standard InChI is InChI=1S/C10H14N2O2S/c13-9(14)5-8-6-11-10(12-8)7-1-3-15-4-2-7/h6-7H,1-5H2,(H,11,12)(H,13,14). The van der Waals surface area contributed by atoms with Gasteiger partial charge in [0.05, 0.1) is 6.42 Å². The predicted octanol–water partition coefficient (Wildman–Crippen LogP) is 1.65. The molecule has 0 aliphatic carbocycles. The van der Waals surface area contributed by atoms with Crippen LogP contribution < -0.4 is 0 Å². The minimum absolute atomic E-state index is 0.0362. The molecule has 2 heterocycles. The Kier molecular flexibility index (Phi) is 3.30. The van der Waals surface area contributed by atoms with E-state index < -0.39 is 5.97 Å². The molecule has 1 saturated heterocycles. The minimum atomic E-state index is -0.815. The summed E-state index contributed by atoms with van der Waals surface area (Å²) >= 11 is 1.97. The third-order valence-electron chi connectivity index (χ3n) is 2.60. The van der Waals surface area contributed by atoms with E-state index in [1.54, 1.807) is 6.20 Å². The first-order valence-corrected chi connectivity index (χ1v) is 6.24. The molecule has 82 valence electrons. The number of aromatic amines is 1. The number of hydrogen-bond acceptors (Lipinski definition) is 3. The average Bonchev–Trinajstić information content (AvgIpc) is 2.67. The van der Waals surface area contributed by atoms with Crippen molar-refractivity contribution < 1.29 is 9.90 Å². The maximum atomic E-state index is 10.5. The van der Waals surface area contributed by atoms with Crippen LogP contribution in [-0.2, 0) is 11.2 Å². The highest BCUT2D eigenvalue weighted by molar-refractivity contribution is 7.99. The minimum Gasteiger partial charge on any atom is -0.481 e. The summed E-state index contributed by atoms with van der Waals surface area (Å²) in [4.78, 5) is 17.9. The fraction of sp³-hybridized carbons (Fsp3) is 0.600. The van der Waals surface area contributed by atoms with Gasteiger partial charge in [-0.05, 0) is 24.3 Å². The molecule has 1 aromatic rings. The molecule has 2 rings (SSSR count). The molecule has 1 aliphatic heterocycles. The largest absolute Gasteiger partial charge is 0.481 e. The van der Waals surface area contributed by atoms with Crippen LogP contribution in [0.4, 0.5) is 0 Å². The van der Waals surface area contributed by atoms with Crippen LogP contribution >= 0.6 is 11.8 Å². The summed E-state index contributed by atoms with van der Waals surface area (Å²) in [6.45, 7) is 0. The molecule has 4 nitrogen and oxygen atoms in total. The third kappa shape index (κ3) is 2.75. The highest BCUT2D eigenvalue weighted by Gasteiger charge is 2.18. The molecule has 0 radical (unpaired) electrons. The molecule has 0 aromatic carbocycles. The number of rotatable bonds is 3. The van der Waals surface area contributed by atoms with E-state index in [1.807, 2.05) is 11.8 Å². The molecule has 2 N–H and O–H groups in total. The van der Waals surface area contributed by atoms with E-state index in [1.165, 1.54) is 11.5 Å². The number of carbonyl (C=O) groups is 1. The lowest BCUT2D eigenvalue weighted by atomic mass is 10.0. The normalized spacial score (nSPS) is 17.9. The van der Waals surface area contributed by atoms with Gasteiger partial charge in [0.1, 0.15) is 5.82 Å². The smallest absolute Gasteiger partial charge is 0.309 e. The molecule has 5 heteroatoms. The van der Waals surface area contributed by atoms with Gasteiger partial charge in [0.25, 0.3) is 0 Å². The summed E-state index contributed by atoms with van der Waals surface area (Å²) < 4.78 is 0. The molecule has 0 atom stereocenters. The van der Waals surface area contributed by atoms with E-state index in [0.29, 0.717) is 11.6 Å². The molecule has 0 bridgehead atoms. The number of carboxylic acid groups (broad SMARTS) is 1. The summed E-state index contributed by atoms with van der Waals surface area (Å²) in [5.41, 5.74) is 0.704. The number of aliphatic carboxylic acids is 1. The zero-order chi connectivity index (χ0) is 10.7. The van der Waals surface area contributed by atoms with Gasteiger partial charge in [0.15, 0.2) is 0 Å². The molecule has 1 fully saturated rings. The van der Waals surface area contributed by atoms with Gasteiger partial charge in [-0.15, -0.1) is 0 Å². The second-order valence-corrected chi connectivity index (χ2v) is 4.98. The van der Waals surface area contributed by atoms with Crippen LogP contribution in [-0.4, -0.2) is 32.5 Å². The summed E-state index contributed by atoms with van der Waals surface area (Å²) in [7, 11) is 0. The Balaban J connectivity index is 2.02. The number of nitrogens with zero attached hydrogens (tertiary/aromatic N) is 1. The highest BCUT2D eigenvalue weighted by Crippen LogP contribution is 2.29. The first-order chi connectivity index (χ1) is 7.25. The molecule has 0 amide bonds. The maximum Gasteiger partial charge on any atom is 0.309 e. The zero-order valence-corrected chi connectivity index (χ0v) is 9.22. The Morgan fingerprint density at radius 2 is 2.33 bits per heavy atom. The van der Waals surface area contributed by atoms with Gasteiger partial charge in [-0.25, -0.2) is 4.98 Å². The Morgan fingerprint density at radius 1 is 1.60 bits per heavy atom. The fourth-order valence-electron chi connectivity index (χ4n) is 1.81. The number of thioether (sulfide) groups is 1. The number of nitrogens with one attached hydrogen (secondary N) is 1. The number of hydrogen-bond donors (Lipinski definition) is 2. The van der Waals surface area contributed by atoms with Gasteiger partial charge in [0, 0.05) is 17.8 Å². The molecule has 0 spiro atoms. The van der Waals surface area contributed by atoms with Crippen molar-refractivity contribution in [3.63, 3.8) is 0 Å². The quantitative estimate of drug-likeness (QED) is 0.822. The average molecular weight is 226 g/mol. The first kappa shape index (κ1) is 10.5. The van der Waals surface area contributed by atoms with Crippen molar-refractivity contribution in [1.29, 1.82) is 0 Å². The molecule has 1 aliphatic rings. The van der Waals surface area contributed by atoms with E-state index in [2.05, 4.69) is 9.97 Å². The van der Waals surface area contributed by atoms with E-state index in [4.69, 9.17) is 5.11 Å². The fourth-order valence-corrected chi connectivity index (χ4v) is 2.91. The maximum absolute atomic E-state index is 10.5. The molecular weight excluding hydrogens is 212 g/mol. The number of H-pyrrole nitrogens is 1. The van der Waals surface area contributed by atoms with E-state index >= 15 is 0 Å². The first-order valence-electron chi connectivity index (χ1n) is 5.09. The second kappa shape index (κ2) is 4.70. The van der Waals surface area contributed by atoms with Gasteiger partial charge in [-0.2, -0.15) is 11.8 Å². The van der Waals surface area contributed by atoms with Crippen molar-refractivity contribution in [3.8, 4) is 0 Å². The SMILES string of the molecule is O=C(O)Cc1cnc(C2CCSCC2)[nH]1. The van der Waals surface area contributed by atoms with E-state index in [-0.39, 0.29) is 6.42 Å². The monoisotopic (exact) mass is 226 g/mol. The Bertz CT molecular complexity index is 345. The Hall–Kier alpha value is -0.970. The molecule has 15 heavy (non-hydrogen) atoms. The number of carboxylic acids is 1. The molecule has 1 aromatic heterocycles. The Labute approximate surface area is 92.5 Å². The lowest BCUT2D eigenvalue weighted by Crippen LogP contribution is -2.09. The summed E-state index contributed by atoms with van der Waals surface area (Å²) in [5, 5.41) is 8.64. The highest BCUT2D eigenvalue weighted by atomic mass is 32.2. The van der Waals surface area contributed by atoms with Gasteiger partial charge >= 0.3 is 5.97 Å². The zero-order valence-electron chi connectivity index (χ0n) is 8.40. The summed E-state index contributed by atoms with van der Waals surface area (Å²) in [5.74, 6) is 3.00. The van der Waals surface area contributed by atoms with Gasteiger partial charge in [-0.1, -0.05) is 0 Å². The molecular formula is C10H14N2O2S. The second-order valence-electron chi connectivity index (χ2n) is 3.75. The van der Waals surface area contributed by atoms with Gasteiger partial charge < -0.3 is 10.1 Å². The van der Waals surface area contributed by atoms with Crippen LogP contribution in [0.5, 0.6) is 0 Å². The van der Waals surface area contributed by atoms with Crippen LogP contribution in [0, 0.1) is 0 Å².